The van der Waals surface area contributed by atoms with Gasteiger partial charge < -0.3 is 9.47 Å². The first-order valence-corrected chi connectivity index (χ1v) is 13.2. The summed E-state index contributed by atoms with van der Waals surface area (Å²) in [7, 11) is 0. The van der Waals surface area contributed by atoms with Crippen LogP contribution in [0.25, 0.3) is 0 Å². The van der Waals surface area contributed by atoms with Crippen LogP contribution in [0.1, 0.15) is 89.5 Å². The molecule has 2 aliphatic carbocycles. The summed E-state index contributed by atoms with van der Waals surface area (Å²) in [5.74, 6) is 0.0965. The molecule has 0 aromatic heterocycles. The van der Waals surface area contributed by atoms with Crippen molar-refractivity contribution in [3.8, 4) is 0 Å². The molecule has 4 unspecified atom stereocenters. The van der Waals surface area contributed by atoms with Gasteiger partial charge in [0.15, 0.2) is 0 Å². The second-order valence-electron chi connectivity index (χ2n) is 12.7. The molecule has 190 valence electrons. The van der Waals surface area contributed by atoms with Crippen molar-refractivity contribution in [2.45, 2.75) is 89.5 Å². The van der Waals surface area contributed by atoms with Crippen LogP contribution in [0.5, 0.6) is 0 Å². The van der Waals surface area contributed by atoms with Crippen LogP contribution >= 0.6 is 0 Å². The summed E-state index contributed by atoms with van der Waals surface area (Å²) in [4.78, 5) is 27.7. The average molecular weight is 463 g/mol. The molecular weight excluding hydrogens is 412 g/mol. The third-order valence-electron chi connectivity index (χ3n) is 8.16. The Labute approximate surface area is 203 Å². The molecule has 4 atom stereocenters. The maximum Gasteiger partial charge on any atom is 0.310 e. The highest BCUT2D eigenvalue weighted by molar-refractivity contribution is 5.87. The molecule has 0 N–H and O–H groups in total. The van der Waals surface area contributed by atoms with Crippen molar-refractivity contribution in [1.82, 2.24) is 0 Å². The van der Waals surface area contributed by atoms with E-state index in [1.807, 2.05) is 27.7 Å². The van der Waals surface area contributed by atoms with Gasteiger partial charge >= 0.3 is 11.9 Å². The lowest BCUT2D eigenvalue weighted by Gasteiger charge is -2.48. The van der Waals surface area contributed by atoms with Gasteiger partial charge in [-0.2, -0.15) is 0 Å². The van der Waals surface area contributed by atoms with E-state index in [0.717, 1.165) is 6.42 Å². The molecule has 0 saturated heterocycles. The van der Waals surface area contributed by atoms with Crippen LogP contribution in [0.4, 0.5) is 0 Å². The number of carbonyl (C=O) groups excluding carboxylic acids is 2. The topological polar surface area (TPSA) is 52.6 Å². The molecule has 0 aliphatic heterocycles. The van der Waals surface area contributed by atoms with Crippen molar-refractivity contribution in [3.63, 3.8) is 0 Å². The molecule has 0 amide bonds. The van der Waals surface area contributed by atoms with Gasteiger partial charge in [0.05, 0.1) is 25.0 Å². The van der Waals surface area contributed by atoms with Gasteiger partial charge in [0.1, 0.15) is 0 Å². The highest BCUT2D eigenvalue weighted by atomic mass is 16.5. The van der Waals surface area contributed by atoms with Crippen LogP contribution in [-0.4, -0.2) is 25.2 Å². The van der Waals surface area contributed by atoms with Crippen LogP contribution in [0, 0.1) is 58.2 Å². The summed E-state index contributed by atoms with van der Waals surface area (Å²) in [5.41, 5.74) is 2.04. The minimum Gasteiger partial charge on any atom is -0.465 e. The lowest BCUT2D eigenvalue weighted by Crippen LogP contribution is -2.50. The van der Waals surface area contributed by atoms with Gasteiger partial charge in [-0.1, -0.05) is 94.2 Å². The standard InChI is InChI=1S/C29H50O4/c1-16(2)13-32-26(30)24-25(27(31)33-14-17(3)4)29(21(11)12)15-28(24,20(9)10)22(18(5)6)23(29)19(7)8/h16-21,24-25H,13-15H2,1-12H3. The Morgan fingerprint density at radius 3 is 1.18 bits per heavy atom. The zero-order valence-corrected chi connectivity index (χ0v) is 23.4. The third kappa shape index (κ3) is 4.52. The largest absolute Gasteiger partial charge is 0.465 e. The first-order valence-electron chi connectivity index (χ1n) is 13.2. The van der Waals surface area contributed by atoms with Crippen LogP contribution < -0.4 is 0 Å². The van der Waals surface area contributed by atoms with E-state index < -0.39 is 11.8 Å². The molecule has 0 aromatic carbocycles. The summed E-state index contributed by atoms with van der Waals surface area (Å²) < 4.78 is 11.8. The van der Waals surface area contributed by atoms with E-state index in [9.17, 15) is 9.59 Å². The van der Waals surface area contributed by atoms with Crippen LogP contribution in [-0.2, 0) is 19.1 Å². The van der Waals surface area contributed by atoms with E-state index in [1.165, 1.54) is 11.1 Å². The lowest BCUT2D eigenvalue weighted by atomic mass is 9.55. The fraction of sp³-hybridized carbons (Fsp3) is 0.862. The van der Waals surface area contributed by atoms with E-state index >= 15 is 0 Å². The number of ether oxygens (including phenoxy) is 2. The Morgan fingerprint density at radius 2 is 0.970 bits per heavy atom. The van der Waals surface area contributed by atoms with E-state index in [4.69, 9.17) is 9.47 Å². The summed E-state index contributed by atoms with van der Waals surface area (Å²) >= 11 is 0. The molecule has 33 heavy (non-hydrogen) atoms. The number of hydrogen-bond acceptors (Lipinski definition) is 4. The average Bonchev–Trinajstić information content (AvgIpc) is 3.19. The minimum atomic E-state index is -0.502. The molecule has 2 aliphatic rings. The van der Waals surface area contributed by atoms with Crippen LogP contribution in [0.15, 0.2) is 11.1 Å². The normalized spacial score (nSPS) is 29.5. The SMILES string of the molecule is CC(C)COC(=O)C1C(C(=O)OCC(C)C)C2(C(C)C)CC1(C(C)C)C(C(C)C)=C2C(C)C. The zero-order chi connectivity index (χ0) is 25.5. The van der Waals surface area contributed by atoms with Crippen molar-refractivity contribution in [1.29, 1.82) is 0 Å². The summed E-state index contributed by atoms with van der Waals surface area (Å²) in [6.45, 7) is 26.8. The Morgan fingerprint density at radius 1 is 0.667 bits per heavy atom. The molecule has 2 bridgehead atoms. The van der Waals surface area contributed by atoms with E-state index in [0.29, 0.717) is 25.0 Å². The Bertz CT molecular complexity index is 696. The van der Waals surface area contributed by atoms with E-state index in [-0.39, 0.29) is 46.4 Å². The number of esters is 2. The molecule has 0 spiro atoms. The maximum absolute atomic E-state index is 13.9. The number of allylic oxidation sites excluding steroid dienone is 2. The van der Waals surface area contributed by atoms with Gasteiger partial charge in [-0.05, 0) is 41.9 Å². The smallest absolute Gasteiger partial charge is 0.310 e. The molecule has 0 radical (unpaired) electrons. The second kappa shape index (κ2) is 10.1. The monoisotopic (exact) mass is 462 g/mol. The highest BCUT2D eigenvalue weighted by Crippen LogP contribution is 2.76. The molecule has 2 rings (SSSR count). The van der Waals surface area contributed by atoms with Crippen molar-refractivity contribution >= 4 is 11.9 Å². The van der Waals surface area contributed by atoms with E-state index in [2.05, 4.69) is 55.4 Å². The van der Waals surface area contributed by atoms with Gasteiger partial charge in [-0.15, -0.1) is 0 Å². The van der Waals surface area contributed by atoms with Gasteiger partial charge in [0.2, 0.25) is 0 Å². The quantitative estimate of drug-likeness (QED) is 0.261. The Hall–Kier alpha value is -1.32. The predicted molar refractivity (Wildman–Crippen MR) is 134 cm³/mol. The summed E-state index contributed by atoms with van der Waals surface area (Å²) in [6, 6.07) is 0. The maximum atomic E-state index is 13.9. The first kappa shape index (κ1) is 27.9. The molecule has 0 heterocycles. The van der Waals surface area contributed by atoms with E-state index in [1.54, 1.807) is 0 Å². The van der Waals surface area contributed by atoms with Crippen LogP contribution in [0.3, 0.4) is 0 Å². The first-order chi connectivity index (χ1) is 15.2. The third-order valence-corrected chi connectivity index (χ3v) is 8.16. The Kier molecular flexibility index (Phi) is 8.56. The molecular formula is C29H50O4. The highest BCUT2D eigenvalue weighted by Gasteiger charge is 2.75. The predicted octanol–water partition coefficient (Wildman–Crippen LogP) is 6.93. The fourth-order valence-corrected chi connectivity index (χ4v) is 7.14. The summed E-state index contributed by atoms with van der Waals surface area (Å²) in [6.07, 6.45) is 0.833. The van der Waals surface area contributed by atoms with Gasteiger partial charge in [0, 0.05) is 10.8 Å². The van der Waals surface area contributed by atoms with Crippen molar-refractivity contribution < 1.29 is 19.1 Å². The zero-order valence-electron chi connectivity index (χ0n) is 23.4. The van der Waals surface area contributed by atoms with Gasteiger partial charge in [-0.3, -0.25) is 9.59 Å². The van der Waals surface area contributed by atoms with Crippen molar-refractivity contribution in [3.05, 3.63) is 11.1 Å². The second-order valence-corrected chi connectivity index (χ2v) is 12.7. The van der Waals surface area contributed by atoms with Gasteiger partial charge in [-0.25, -0.2) is 0 Å². The number of hydrogen-bond donors (Lipinski definition) is 0. The molecule has 4 nitrogen and oxygen atoms in total. The molecule has 0 aromatic rings. The number of carbonyl (C=O) groups is 2. The number of fused-ring (bicyclic) bond motifs is 2. The molecule has 4 heteroatoms. The summed E-state index contributed by atoms with van der Waals surface area (Å²) in [5, 5.41) is 0. The molecule has 1 saturated carbocycles. The van der Waals surface area contributed by atoms with Crippen molar-refractivity contribution in [2.24, 2.45) is 58.2 Å². The lowest BCUT2D eigenvalue weighted by molar-refractivity contribution is -0.169. The van der Waals surface area contributed by atoms with Gasteiger partial charge in [0.25, 0.3) is 0 Å². The minimum absolute atomic E-state index is 0.212. The van der Waals surface area contributed by atoms with Crippen molar-refractivity contribution in [2.75, 3.05) is 13.2 Å². The fourth-order valence-electron chi connectivity index (χ4n) is 7.14. The number of rotatable bonds is 10. The molecule has 1 fully saturated rings. The Balaban J connectivity index is 2.84. The van der Waals surface area contributed by atoms with Crippen LogP contribution in [0.2, 0.25) is 0 Å².